The number of amides is 2. The van der Waals surface area contributed by atoms with Gasteiger partial charge in [-0.2, -0.15) is 0 Å². The van der Waals surface area contributed by atoms with Crippen LogP contribution in [0.5, 0.6) is 0 Å². The molecule has 1 aromatic rings. The highest BCUT2D eigenvalue weighted by Gasteiger charge is 2.41. The first-order chi connectivity index (χ1) is 13.5. The van der Waals surface area contributed by atoms with Crippen LogP contribution in [0.2, 0.25) is 0 Å². The molecule has 28 heavy (non-hydrogen) atoms. The van der Waals surface area contributed by atoms with E-state index in [4.69, 9.17) is 0 Å². The van der Waals surface area contributed by atoms with Crippen molar-refractivity contribution < 1.29 is 14.0 Å². The van der Waals surface area contributed by atoms with E-state index in [1.54, 1.807) is 4.90 Å². The highest BCUT2D eigenvalue weighted by Crippen LogP contribution is 2.37. The molecule has 0 spiro atoms. The first-order valence-electron chi connectivity index (χ1n) is 10.9. The lowest BCUT2D eigenvalue weighted by Crippen LogP contribution is -2.49. The Bertz CT molecular complexity index is 700. The van der Waals surface area contributed by atoms with Crippen molar-refractivity contribution in [2.24, 2.45) is 11.8 Å². The lowest BCUT2D eigenvalue weighted by atomic mass is 9.85. The molecule has 1 aliphatic heterocycles. The fourth-order valence-electron chi connectivity index (χ4n) is 4.85. The van der Waals surface area contributed by atoms with Gasteiger partial charge >= 0.3 is 0 Å². The van der Waals surface area contributed by atoms with Gasteiger partial charge < -0.3 is 9.80 Å². The zero-order chi connectivity index (χ0) is 19.7. The third-order valence-corrected chi connectivity index (χ3v) is 6.80. The van der Waals surface area contributed by atoms with Crippen molar-refractivity contribution in [3.05, 3.63) is 35.6 Å². The van der Waals surface area contributed by atoms with Gasteiger partial charge in [-0.25, -0.2) is 4.39 Å². The van der Waals surface area contributed by atoms with E-state index < -0.39 is 0 Å². The summed E-state index contributed by atoms with van der Waals surface area (Å²) in [5, 5.41) is 0. The molecule has 0 radical (unpaired) electrons. The molecule has 1 heterocycles. The maximum atomic E-state index is 13.3. The van der Waals surface area contributed by atoms with Crippen LogP contribution in [0.25, 0.3) is 0 Å². The molecule has 0 atom stereocenters. The Labute approximate surface area is 167 Å². The van der Waals surface area contributed by atoms with Gasteiger partial charge in [0.15, 0.2) is 0 Å². The summed E-state index contributed by atoms with van der Waals surface area (Å²) in [6.07, 6.45) is 8.52. The molecule has 0 unspecified atom stereocenters. The molecule has 5 heteroatoms. The zero-order valence-corrected chi connectivity index (χ0v) is 16.8. The summed E-state index contributed by atoms with van der Waals surface area (Å²) in [5.74, 6) is 0.755. The summed E-state index contributed by atoms with van der Waals surface area (Å²) in [7, 11) is 0. The van der Waals surface area contributed by atoms with Crippen LogP contribution in [0.3, 0.4) is 0 Å². The van der Waals surface area contributed by atoms with Crippen LogP contribution < -0.4 is 0 Å². The summed E-state index contributed by atoms with van der Waals surface area (Å²) in [6, 6.07) is 6.60. The van der Waals surface area contributed by atoms with E-state index in [1.165, 1.54) is 37.1 Å². The van der Waals surface area contributed by atoms with E-state index in [-0.39, 0.29) is 17.6 Å². The summed E-state index contributed by atoms with van der Waals surface area (Å²) in [5.41, 5.74) is 0.516. The normalized spacial score (nSPS) is 26.1. The van der Waals surface area contributed by atoms with Crippen LogP contribution in [0, 0.1) is 17.7 Å². The number of hydrogen-bond acceptors (Lipinski definition) is 2. The average molecular weight is 387 g/mol. The van der Waals surface area contributed by atoms with Crippen LogP contribution in [0.1, 0.15) is 68.6 Å². The van der Waals surface area contributed by atoms with Crippen molar-refractivity contribution in [3.8, 4) is 0 Å². The molecule has 1 aromatic carbocycles. The summed E-state index contributed by atoms with van der Waals surface area (Å²) < 4.78 is 13.1. The van der Waals surface area contributed by atoms with Gasteiger partial charge in [0.05, 0.1) is 0 Å². The molecule has 4 rings (SSSR count). The minimum atomic E-state index is -0.335. The van der Waals surface area contributed by atoms with E-state index >= 15 is 0 Å². The van der Waals surface area contributed by atoms with Crippen LogP contribution in [0.4, 0.5) is 4.39 Å². The van der Waals surface area contributed by atoms with Crippen molar-refractivity contribution in [1.82, 2.24) is 9.80 Å². The molecule has 3 aliphatic rings. The molecule has 0 N–H and O–H groups in total. The Hall–Kier alpha value is -1.91. The van der Waals surface area contributed by atoms with E-state index in [9.17, 15) is 14.0 Å². The number of piperidine rings is 1. The van der Waals surface area contributed by atoms with Crippen molar-refractivity contribution >= 4 is 11.8 Å². The number of halogens is 1. The quantitative estimate of drug-likeness (QED) is 0.776. The Morgan fingerprint density at radius 1 is 0.893 bits per heavy atom. The number of likely N-dealkylation sites (tertiary alicyclic amines) is 1. The molecule has 0 bridgehead atoms. The van der Waals surface area contributed by atoms with Crippen molar-refractivity contribution in [2.45, 2.75) is 70.4 Å². The Balaban J connectivity index is 1.35. The summed E-state index contributed by atoms with van der Waals surface area (Å²) in [4.78, 5) is 30.0. The van der Waals surface area contributed by atoms with Crippen LogP contribution >= 0.6 is 0 Å². The van der Waals surface area contributed by atoms with Gasteiger partial charge in [-0.3, -0.25) is 9.59 Å². The number of carbonyl (C=O) groups excluding carboxylic acids is 2. The molecular formula is C23H31FN2O2. The van der Waals surface area contributed by atoms with Crippen LogP contribution in [-0.4, -0.2) is 46.8 Å². The molecule has 0 aromatic heterocycles. The molecule has 152 valence electrons. The topological polar surface area (TPSA) is 40.6 Å². The smallest absolute Gasteiger partial charge is 0.253 e. The molecule has 2 amide bonds. The molecule has 2 aliphatic carbocycles. The summed E-state index contributed by atoms with van der Waals surface area (Å²) >= 11 is 0. The standard InChI is InChI=1S/C23H31FN2O2/c1-16-2-8-20(9-3-16)26(21-10-11-21)23(28)18-12-14-25(15-13-18)22(27)17-4-6-19(24)7-5-17/h4-7,16,18,20-21H,2-3,8-15H2,1H3. The van der Waals surface area contributed by atoms with Gasteiger partial charge in [-0.05, 0) is 81.5 Å². The Morgan fingerprint density at radius 3 is 1.96 bits per heavy atom. The predicted molar refractivity (Wildman–Crippen MR) is 106 cm³/mol. The second-order valence-corrected chi connectivity index (χ2v) is 8.96. The van der Waals surface area contributed by atoms with Gasteiger partial charge in [0.2, 0.25) is 5.91 Å². The van der Waals surface area contributed by atoms with Crippen LogP contribution in [-0.2, 0) is 4.79 Å². The zero-order valence-electron chi connectivity index (χ0n) is 16.8. The number of benzene rings is 1. The van der Waals surface area contributed by atoms with Crippen molar-refractivity contribution in [1.29, 1.82) is 0 Å². The molecule has 1 saturated heterocycles. The van der Waals surface area contributed by atoms with E-state index in [0.29, 0.717) is 36.6 Å². The van der Waals surface area contributed by atoms with Gasteiger partial charge in [0.25, 0.3) is 5.91 Å². The SMILES string of the molecule is CC1CCC(N(C(=O)C2CCN(C(=O)c3ccc(F)cc3)CC2)C2CC2)CC1. The fourth-order valence-corrected chi connectivity index (χ4v) is 4.85. The second kappa shape index (κ2) is 8.22. The van der Waals surface area contributed by atoms with Crippen molar-refractivity contribution in [2.75, 3.05) is 13.1 Å². The highest BCUT2D eigenvalue weighted by atomic mass is 19.1. The molecule has 2 saturated carbocycles. The first-order valence-corrected chi connectivity index (χ1v) is 10.9. The molecule has 3 fully saturated rings. The maximum absolute atomic E-state index is 13.3. The number of nitrogens with zero attached hydrogens (tertiary/aromatic N) is 2. The molecular weight excluding hydrogens is 355 g/mol. The third kappa shape index (κ3) is 4.23. The van der Waals surface area contributed by atoms with E-state index in [0.717, 1.165) is 44.4 Å². The van der Waals surface area contributed by atoms with Crippen LogP contribution in [0.15, 0.2) is 24.3 Å². The number of carbonyl (C=O) groups is 2. The maximum Gasteiger partial charge on any atom is 0.253 e. The van der Waals surface area contributed by atoms with E-state index in [2.05, 4.69) is 11.8 Å². The minimum absolute atomic E-state index is 0.0391. The first kappa shape index (κ1) is 19.4. The fraction of sp³-hybridized carbons (Fsp3) is 0.652. The minimum Gasteiger partial charge on any atom is -0.339 e. The van der Waals surface area contributed by atoms with Gasteiger partial charge in [-0.15, -0.1) is 0 Å². The van der Waals surface area contributed by atoms with Gasteiger partial charge in [0, 0.05) is 36.7 Å². The predicted octanol–water partition coefficient (Wildman–Crippen LogP) is 4.25. The highest BCUT2D eigenvalue weighted by molar-refractivity contribution is 5.94. The Morgan fingerprint density at radius 2 is 1.43 bits per heavy atom. The lowest BCUT2D eigenvalue weighted by Gasteiger charge is -2.40. The van der Waals surface area contributed by atoms with Gasteiger partial charge in [-0.1, -0.05) is 6.92 Å². The van der Waals surface area contributed by atoms with Gasteiger partial charge in [0.1, 0.15) is 5.82 Å². The third-order valence-electron chi connectivity index (χ3n) is 6.80. The Kier molecular flexibility index (Phi) is 5.70. The summed E-state index contributed by atoms with van der Waals surface area (Å²) in [6.45, 7) is 3.52. The second-order valence-electron chi connectivity index (χ2n) is 8.96. The number of rotatable bonds is 4. The molecule has 4 nitrogen and oxygen atoms in total. The largest absolute Gasteiger partial charge is 0.339 e. The average Bonchev–Trinajstić information content (AvgIpc) is 3.55. The van der Waals surface area contributed by atoms with Crippen molar-refractivity contribution in [3.63, 3.8) is 0 Å². The lowest BCUT2D eigenvalue weighted by molar-refractivity contribution is -0.141. The monoisotopic (exact) mass is 386 g/mol. The number of hydrogen-bond donors (Lipinski definition) is 0. The van der Waals surface area contributed by atoms with E-state index in [1.807, 2.05) is 0 Å².